The fourth-order valence-electron chi connectivity index (χ4n) is 7.47. The molecule has 0 aliphatic carbocycles. The molecule has 4 heterocycles. The Balaban J connectivity index is 0.827. The van der Waals surface area contributed by atoms with Gasteiger partial charge in [0.15, 0.2) is 0 Å². The first-order valence-corrected chi connectivity index (χ1v) is 17.9. The van der Waals surface area contributed by atoms with Gasteiger partial charge >= 0.3 is 0 Å². The van der Waals surface area contributed by atoms with Crippen molar-refractivity contribution in [3.05, 3.63) is 166 Å². The number of fused-ring (bicyclic) bond motifs is 8. The average Bonchev–Trinajstić information content (AvgIpc) is 3.80. The Morgan fingerprint density at radius 3 is 1.34 bits per heavy atom. The Labute approximate surface area is 308 Å². The van der Waals surface area contributed by atoms with Gasteiger partial charge < -0.3 is 19.8 Å². The van der Waals surface area contributed by atoms with Gasteiger partial charge in [-0.15, -0.1) is 0 Å². The SMILES string of the molecule is Cc1ccc2nc(-c3ccc(C#Cc4ccc5c(c4)CN4CN5Cc5cc(C#Cc6ccc(-c7nc8ccc(C)cc8[nH]7)cc6)ccc54)cc3)[nH]c2c1. The first-order chi connectivity index (χ1) is 26.0. The Morgan fingerprint density at radius 2 is 0.887 bits per heavy atom. The van der Waals surface area contributed by atoms with Crippen molar-refractivity contribution in [2.45, 2.75) is 26.9 Å². The topological polar surface area (TPSA) is 63.8 Å². The molecule has 6 nitrogen and oxygen atoms in total. The lowest BCUT2D eigenvalue weighted by atomic mass is 9.98. The monoisotopic (exact) mass is 682 g/mol. The van der Waals surface area contributed by atoms with Gasteiger partial charge in [0.2, 0.25) is 0 Å². The van der Waals surface area contributed by atoms with Gasteiger partial charge in [0.25, 0.3) is 0 Å². The number of aromatic amines is 2. The molecule has 0 saturated heterocycles. The number of hydrogen-bond donors (Lipinski definition) is 2. The first kappa shape index (κ1) is 30.8. The van der Waals surface area contributed by atoms with Crippen molar-refractivity contribution < 1.29 is 0 Å². The molecule has 0 amide bonds. The summed E-state index contributed by atoms with van der Waals surface area (Å²) in [5.41, 5.74) is 17.7. The van der Waals surface area contributed by atoms with E-state index in [-0.39, 0.29) is 0 Å². The number of aryl methyl sites for hydroxylation is 2. The Bertz CT molecular complexity index is 2660. The molecular formula is C47H34N6. The summed E-state index contributed by atoms with van der Waals surface area (Å²) in [6.07, 6.45) is 0. The van der Waals surface area contributed by atoms with Crippen molar-refractivity contribution in [2.75, 3.05) is 16.5 Å². The number of rotatable bonds is 2. The maximum absolute atomic E-state index is 4.76. The smallest absolute Gasteiger partial charge is 0.138 e. The summed E-state index contributed by atoms with van der Waals surface area (Å²) in [5.74, 6) is 15.3. The molecule has 252 valence electrons. The molecule has 0 fully saturated rings. The molecule has 2 aliphatic rings. The summed E-state index contributed by atoms with van der Waals surface area (Å²) in [6, 6.07) is 42.4. The standard InChI is InChI=1S/C47H34N6/c1-30-3-19-40-42(23-30)50-46(48-40)36-15-9-32(10-16-36)5-7-34-13-21-44-38(25-34)27-52-29-53(44)28-39-26-35(14-22-45(39)52)8-6-33-11-17-37(18-12-33)47-49-41-20-4-31(2)24-43(41)51-47/h3-4,9-26H,27-29H2,1-2H3,(H,48,50)(H,49,51). The normalized spacial score (nSPS) is 12.9. The Morgan fingerprint density at radius 1 is 0.472 bits per heavy atom. The van der Waals surface area contributed by atoms with E-state index in [1.165, 1.54) is 33.6 Å². The highest BCUT2D eigenvalue weighted by Gasteiger charge is 2.29. The highest BCUT2D eigenvalue weighted by Crippen LogP contribution is 2.38. The van der Waals surface area contributed by atoms with Crippen LogP contribution in [0.5, 0.6) is 0 Å². The van der Waals surface area contributed by atoms with Gasteiger partial charge in [-0.1, -0.05) is 60.1 Å². The summed E-state index contributed by atoms with van der Waals surface area (Å²) in [4.78, 5) is 21.3. The zero-order valence-corrected chi connectivity index (χ0v) is 29.5. The summed E-state index contributed by atoms with van der Waals surface area (Å²) in [5, 5.41) is 0. The van der Waals surface area contributed by atoms with Gasteiger partial charge in [0.1, 0.15) is 11.6 Å². The molecule has 0 saturated carbocycles. The van der Waals surface area contributed by atoms with E-state index in [1.54, 1.807) is 0 Å². The number of nitrogens with one attached hydrogen (secondary N) is 2. The summed E-state index contributed by atoms with van der Waals surface area (Å²) < 4.78 is 0. The molecule has 0 unspecified atom stereocenters. The number of hydrogen-bond acceptors (Lipinski definition) is 4. The number of H-pyrrole nitrogens is 2. The van der Waals surface area contributed by atoms with Crippen LogP contribution in [0.1, 0.15) is 44.5 Å². The molecule has 10 rings (SSSR count). The number of benzene rings is 6. The molecule has 2 aliphatic heterocycles. The quantitative estimate of drug-likeness (QED) is 0.178. The number of anilines is 2. The maximum Gasteiger partial charge on any atom is 0.138 e. The molecule has 2 N–H and O–H groups in total. The second-order valence-electron chi connectivity index (χ2n) is 14.1. The summed E-state index contributed by atoms with van der Waals surface area (Å²) in [6.45, 7) is 6.76. The number of aromatic nitrogens is 4. The molecule has 53 heavy (non-hydrogen) atoms. The second-order valence-corrected chi connectivity index (χ2v) is 14.1. The fourth-order valence-corrected chi connectivity index (χ4v) is 7.47. The number of nitrogens with zero attached hydrogens (tertiary/aromatic N) is 4. The van der Waals surface area contributed by atoms with Crippen LogP contribution in [0.25, 0.3) is 44.8 Å². The third kappa shape index (κ3) is 5.87. The van der Waals surface area contributed by atoms with Crippen LogP contribution >= 0.6 is 0 Å². The second kappa shape index (κ2) is 12.3. The van der Waals surface area contributed by atoms with Crippen molar-refractivity contribution >= 4 is 33.4 Å². The predicted molar refractivity (Wildman–Crippen MR) is 215 cm³/mol. The Hall–Kier alpha value is -7.02. The Kier molecular flexibility index (Phi) is 7.16. The lowest BCUT2D eigenvalue weighted by Gasteiger charge is -2.44. The highest BCUT2D eigenvalue weighted by molar-refractivity contribution is 5.81. The summed E-state index contributed by atoms with van der Waals surface area (Å²) >= 11 is 0. The largest absolute Gasteiger partial charge is 0.349 e. The third-order valence-electron chi connectivity index (χ3n) is 10.2. The lowest BCUT2D eigenvalue weighted by molar-refractivity contribution is 0.650. The molecule has 0 spiro atoms. The molecule has 2 bridgehead atoms. The van der Waals surface area contributed by atoms with Crippen molar-refractivity contribution in [3.63, 3.8) is 0 Å². The van der Waals surface area contributed by atoms with Crippen LogP contribution in [0.3, 0.4) is 0 Å². The minimum Gasteiger partial charge on any atom is -0.349 e. The van der Waals surface area contributed by atoms with Crippen LogP contribution in [0.2, 0.25) is 0 Å². The van der Waals surface area contributed by atoms with Gasteiger partial charge in [-0.3, -0.25) is 0 Å². The van der Waals surface area contributed by atoms with Crippen LogP contribution in [-0.4, -0.2) is 26.6 Å². The average molecular weight is 683 g/mol. The van der Waals surface area contributed by atoms with Gasteiger partial charge in [-0.2, -0.15) is 0 Å². The van der Waals surface area contributed by atoms with Crippen LogP contribution in [0.15, 0.2) is 121 Å². The maximum atomic E-state index is 4.76. The van der Waals surface area contributed by atoms with E-state index in [4.69, 9.17) is 9.97 Å². The molecule has 0 atom stereocenters. The molecule has 6 heteroatoms. The molecular weight excluding hydrogens is 649 g/mol. The van der Waals surface area contributed by atoms with Crippen molar-refractivity contribution in [3.8, 4) is 46.5 Å². The third-order valence-corrected chi connectivity index (χ3v) is 10.2. The lowest BCUT2D eigenvalue weighted by Crippen LogP contribution is -2.46. The van der Waals surface area contributed by atoms with Crippen LogP contribution in [-0.2, 0) is 13.1 Å². The van der Waals surface area contributed by atoms with Gasteiger partial charge in [0.05, 0.1) is 28.7 Å². The molecule has 6 aromatic carbocycles. The zero-order valence-electron chi connectivity index (χ0n) is 29.5. The molecule has 2 aromatic heterocycles. The van der Waals surface area contributed by atoms with E-state index in [0.717, 1.165) is 86.9 Å². The van der Waals surface area contributed by atoms with E-state index in [0.29, 0.717) is 0 Å². The van der Waals surface area contributed by atoms with Crippen LogP contribution < -0.4 is 9.80 Å². The van der Waals surface area contributed by atoms with E-state index in [2.05, 4.69) is 179 Å². The predicted octanol–water partition coefficient (Wildman–Crippen LogP) is 9.49. The van der Waals surface area contributed by atoms with Gasteiger partial charge in [0, 0.05) is 57.8 Å². The fraction of sp³-hybridized carbons (Fsp3) is 0.106. The summed E-state index contributed by atoms with van der Waals surface area (Å²) in [7, 11) is 0. The van der Waals surface area contributed by atoms with Crippen LogP contribution in [0, 0.1) is 37.5 Å². The van der Waals surface area contributed by atoms with E-state index in [1.807, 2.05) is 0 Å². The molecule has 0 radical (unpaired) electrons. The van der Waals surface area contributed by atoms with E-state index in [9.17, 15) is 0 Å². The zero-order chi connectivity index (χ0) is 35.5. The van der Waals surface area contributed by atoms with E-state index < -0.39 is 0 Å². The first-order valence-electron chi connectivity index (χ1n) is 17.9. The van der Waals surface area contributed by atoms with Crippen LogP contribution in [0.4, 0.5) is 11.4 Å². The molecule has 8 aromatic rings. The minimum atomic E-state index is 0.849. The number of imidazole rings is 2. The highest BCUT2D eigenvalue weighted by atomic mass is 15.4. The minimum absolute atomic E-state index is 0.849. The van der Waals surface area contributed by atoms with Crippen molar-refractivity contribution in [2.24, 2.45) is 0 Å². The van der Waals surface area contributed by atoms with E-state index >= 15 is 0 Å². The van der Waals surface area contributed by atoms with Crippen molar-refractivity contribution in [1.82, 2.24) is 19.9 Å². The van der Waals surface area contributed by atoms with Crippen molar-refractivity contribution in [1.29, 1.82) is 0 Å². The van der Waals surface area contributed by atoms with Gasteiger partial charge in [-0.25, -0.2) is 9.97 Å². The van der Waals surface area contributed by atoms with Gasteiger partial charge in [-0.05, 0) is 121 Å².